The molecule has 8 nitrogen and oxygen atoms in total. The fraction of sp³-hybridized carbons (Fsp3) is 0.412. The summed E-state index contributed by atoms with van der Waals surface area (Å²) in [4.78, 5) is 35.2. The molecule has 0 saturated carbocycles. The first-order valence-corrected chi connectivity index (χ1v) is 14.1. The quantitative estimate of drug-likeness (QED) is 0.126. The third-order valence-electron chi connectivity index (χ3n) is 6.87. The lowest BCUT2D eigenvalue weighted by Crippen LogP contribution is -2.17. The molecule has 0 aliphatic heterocycles. The standard InChI is InChI=1S/C34H44N2O6/c1-11-41-33(39)27(25(9)37)17-35-31(29-21(5)13-19(3)14-22(29)6)32(30-23(7)15-20(4)16-24(30)8)36-18-28(26(10)38)34(40)42-12-2/h13-18,31-32,37-38H,11-12H2,1-10H3/b27-25-,28-26+,35-17?,36-18?/t31-,32-/m0/s1. The Bertz CT molecular complexity index is 1280. The molecule has 0 aliphatic carbocycles. The van der Waals surface area contributed by atoms with Crippen LogP contribution >= 0.6 is 0 Å². The Morgan fingerprint density at radius 2 is 0.952 bits per heavy atom. The van der Waals surface area contributed by atoms with Gasteiger partial charge in [0.05, 0.1) is 13.2 Å². The third-order valence-corrected chi connectivity index (χ3v) is 6.87. The van der Waals surface area contributed by atoms with Crippen molar-refractivity contribution in [3.8, 4) is 0 Å². The second-order valence-corrected chi connectivity index (χ2v) is 10.5. The number of carbonyl (C=O) groups is 2. The first-order chi connectivity index (χ1) is 19.7. The first-order valence-electron chi connectivity index (χ1n) is 14.1. The molecule has 0 radical (unpaired) electrons. The number of aliphatic imine (C=N–C) groups is 2. The highest BCUT2D eigenvalue weighted by Crippen LogP contribution is 2.41. The molecule has 2 N–H and O–H groups in total. The van der Waals surface area contributed by atoms with Gasteiger partial charge < -0.3 is 19.7 Å². The van der Waals surface area contributed by atoms with Crippen LogP contribution in [0.4, 0.5) is 0 Å². The predicted molar refractivity (Wildman–Crippen MR) is 168 cm³/mol. The van der Waals surface area contributed by atoms with Crippen molar-refractivity contribution in [2.45, 2.75) is 81.3 Å². The summed E-state index contributed by atoms with van der Waals surface area (Å²) in [6.45, 7) is 18.5. The molecule has 0 aromatic heterocycles. The van der Waals surface area contributed by atoms with Crippen LogP contribution in [0.2, 0.25) is 0 Å². The zero-order chi connectivity index (χ0) is 31.7. The summed E-state index contributed by atoms with van der Waals surface area (Å²) in [6, 6.07) is 6.86. The maximum absolute atomic E-state index is 12.7. The lowest BCUT2D eigenvalue weighted by molar-refractivity contribution is -0.139. The molecular weight excluding hydrogens is 532 g/mol. The molecule has 0 aliphatic rings. The van der Waals surface area contributed by atoms with Crippen LogP contribution in [-0.2, 0) is 19.1 Å². The molecule has 2 aromatic rings. The average molecular weight is 577 g/mol. The highest BCUT2D eigenvalue weighted by Gasteiger charge is 2.30. The van der Waals surface area contributed by atoms with Gasteiger partial charge in [-0.3, -0.25) is 9.98 Å². The fourth-order valence-electron chi connectivity index (χ4n) is 5.26. The number of aliphatic hydroxyl groups excluding tert-OH is 2. The van der Waals surface area contributed by atoms with Crippen molar-refractivity contribution < 1.29 is 29.3 Å². The van der Waals surface area contributed by atoms with E-state index >= 15 is 0 Å². The van der Waals surface area contributed by atoms with E-state index in [9.17, 15) is 19.8 Å². The van der Waals surface area contributed by atoms with Gasteiger partial charge in [0.2, 0.25) is 0 Å². The molecular formula is C34H44N2O6. The molecule has 0 heterocycles. The van der Waals surface area contributed by atoms with E-state index in [2.05, 4.69) is 24.3 Å². The normalized spacial score (nSPS) is 14.4. The lowest BCUT2D eigenvalue weighted by Gasteiger charge is -2.28. The van der Waals surface area contributed by atoms with Crippen molar-refractivity contribution >= 4 is 24.4 Å². The van der Waals surface area contributed by atoms with Gasteiger partial charge in [0.25, 0.3) is 0 Å². The number of aryl methyl sites for hydroxylation is 6. The van der Waals surface area contributed by atoms with Crippen molar-refractivity contribution in [3.63, 3.8) is 0 Å². The number of esters is 2. The zero-order valence-electron chi connectivity index (χ0n) is 26.5. The van der Waals surface area contributed by atoms with Crippen LogP contribution in [0.15, 0.2) is 56.9 Å². The van der Waals surface area contributed by atoms with Crippen molar-refractivity contribution in [2.24, 2.45) is 9.98 Å². The van der Waals surface area contributed by atoms with Gasteiger partial charge in [-0.05, 0) is 103 Å². The summed E-state index contributed by atoms with van der Waals surface area (Å²) < 4.78 is 10.3. The van der Waals surface area contributed by atoms with E-state index in [-0.39, 0.29) is 35.9 Å². The van der Waals surface area contributed by atoms with E-state index in [0.29, 0.717) is 0 Å². The van der Waals surface area contributed by atoms with E-state index < -0.39 is 24.0 Å². The number of hydrogen-bond acceptors (Lipinski definition) is 8. The summed E-state index contributed by atoms with van der Waals surface area (Å²) in [7, 11) is 0. The molecule has 0 saturated heterocycles. The Morgan fingerprint density at radius 1 is 0.667 bits per heavy atom. The number of hydrogen-bond donors (Lipinski definition) is 2. The number of carbonyl (C=O) groups excluding carboxylic acids is 2. The van der Waals surface area contributed by atoms with Gasteiger partial charge in [-0.15, -0.1) is 0 Å². The van der Waals surface area contributed by atoms with Crippen molar-refractivity contribution in [1.82, 2.24) is 0 Å². The van der Waals surface area contributed by atoms with Crippen molar-refractivity contribution in [2.75, 3.05) is 13.2 Å². The molecule has 0 unspecified atom stereocenters. The van der Waals surface area contributed by atoms with Gasteiger partial charge in [-0.2, -0.15) is 0 Å². The van der Waals surface area contributed by atoms with Gasteiger partial charge in [-0.25, -0.2) is 9.59 Å². The van der Waals surface area contributed by atoms with Crippen LogP contribution < -0.4 is 0 Å². The van der Waals surface area contributed by atoms with Crippen LogP contribution in [0.5, 0.6) is 0 Å². The van der Waals surface area contributed by atoms with Crippen LogP contribution in [-0.4, -0.2) is 47.8 Å². The van der Waals surface area contributed by atoms with Crippen LogP contribution in [0.3, 0.4) is 0 Å². The molecule has 42 heavy (non-hydrogen) atoms. The minimum Gasteiger partial charge on any atom is -0.512 e. The Hall–Kier alpha value is -4.20. The molecule has 0 amide bonds. The minimum atomic E-state index is -0.691. The Morgan fingerprint density at radius 3 is 1.19 bits per heavy atom. The maximum atomic E-state index is 12.7. The minimum absolute atomic E-state index is 0.0670. The summed E-state index contributed by atoms with van der Waals surface area (Å²) in [6.07, 6.45) is 2.66. The maximum Gasteiger partial charge on any atom is 0.343 e. The lowest BCUT2D eigenvalue weighted by atomic mass is 9.84. The second kappa shape index (κ2) is 15.1. The Kier molecular flexibility index (Phi) is 12.3. The van der Waals surface area contributed by atoms with Gasteiger partial charge in [0, 0.05) is 12.4 Å². The number of aliphatic hydroxyl groups is 2. The number of benzene rings is 2. The third kappa shape index (κ3) is 8.41. The molecule has 0 spiro atoms. The van der Waals surface area contributed by atoms with E-state index in [1.807, 2.05) is 41.5 Å². The largest absolute Gasteiger partial charge is 0.512 e. The van der Waals surface area contributed by atoms with E-state index in [0.717, 1.165) is 44.5 Å². The number of allylic oxidation sites excluding steroid dienone is 2. The van der Waals surface area contributed by atoms with Crippen molar-refractivity contribution in [1.29, 1.82) is 0 Å². The highest BCUT2D eigenvalue weighted by atomic mass is 16.5. The Balaban J connectivity index is 2.99. The molecule has 8 heteroatoms. The summed E-state index contributed by atoms with van der Waals surface area (Å²) in [5.41, 5.74) is 7.70. The van der Waals surface area contributed by atoms with Crippen LogP contribution in [0, 0.1) is 41.5 Å². The predicted octanol–water partition coefficient (Wildman–Crippen LogP) is 7.25. The van der Waals surface area contributed by atoms with Gasteiger partial charge >= 0.3 is 11.9 Å². The Labute approximate surface area is 249 Å². The molecule has 226 valence electrons. The topological polar surface area (TPSA) is 118 Å². The molecule has 2 aromatic carbocycles. The summed E-state index contributed by atoms with van der Waals surface area (Å²) in [5.74, 6) is -1.83. The van der Waals surface area contributed by atoms with E-state index in [1.54, 1.807) is 13.8 Å². The number of nitrogens with zero attached hydrogens (tertiary/aromatic N) is 2. The summed E-state index contributed by atoms with van der Waals surface area (Å²) in [5, 5.41) is 20.7. The van der Waals surface area contributed by atoms with E-state index in [1.165, 1.54) is 26.3 Å². The summed E-state index contributed by atoms with van der Waals surface area (Å²) >= 11 is 0. The number of rotatable bonds is 11. The zero-order valence-corrected chi connectivity index (χ0v) is 26.5. The average Bonchev–Trinajstić information content (AvgIpc) is 2.85. The van der Waals surface area contributed by atoms with E-state index in [4.69, 9.17) is 19.5 Å². The second-order valence-electron chi connectivity index (χ2n) is 10.5. The van der Waals surface area contributed by atoms with Crippen molar-refractivity contribution in [3.05, 3.63) is 91.4 Å². The van der Waals surface area contributed by atoms with Gasteiger partial charge in [-0.1, -0.05) is 35.4 Å². The fourth-order valence-corrected chi connectivity index (χ4v) is 5.26. The highest BCUT2D eigenvalue weighted by molar-refractivity contribution is 6.10. The van der Waals surface area contributed by atoms with Crippen LogP contribution in [0.25, 0.3) is 0 Å². The first kappa shape index (κ1) is 34.0. The molecule has 2 atom stereocenters. The monoisotopic (exact) mass is 576 g/mol. The number of ether oxygens (including phenoxy) is 2. The van der Waals surface area contributed by atoms with Gasteiger partial charge in [0.1, 0.15) is 34.7 Å². The smallest absolute Gasteiger partial charge is 0.343 e. The van der Waals surface area contributed by atoms with Crippen LogP contribution in [0.1, 0.15) is 84.3 Å². The molecule has 2 rings (SSSR count). The van der Waals surface area contributed by atoms with Gasteiger partial charge in [0.15, 0.2) is 0 Å². The molecule has 0 bridgehead atoms. The SMILES string of the molecule is CCOC(=O)/C(C=N[C@@H](c1c(C)cc(C)cc1C)[C@@H](N=C/C(C(=O)OCC)=C(/C)O)c1c(C)cc(C)cc1C)=C(/C)O. The molecule has 0 fully saturated rings.